The standard InChI is InChI=1S/C29H32F2N8O2/c1-41-24-15-19(38-13-9-18(10-14-38)39-12-8-17(30)16-39)5-6-22(24)35-29-36-27-20(7-11-33-27)28(37-29)34-23-4-2-3-21(31)25(23)26(32)40/h2-7,11,15,17-18H,8-10,12-14,16H2,1H3,(H2,32,40)(H3,33,34,35,36,37)/p+1/t17-/m0/s1. The number of likely N-dealkylation sites (tertiary alicyclic amines) is 1. The van der Waals surface area contributed by atoms with Gasteiger partial charge >= 0.3 is 5.95 Å². The van der Waals surface area contributed by atoms with E-state index in [4.69, 9.17) is 10.5 Å². The van der Waals surface area contributed by atoms with Crippen LogP contribution < -0.4 is 31.0 Å². The molecule has 2 aliphatic rings. The average Bonchev–Trinajstić information content (AvgIpc) is 3.62. The molecule has 214 valence electrons. The molecule has 12 heteroatoms. The van der Waals surface area contributed by atoms with E-state index in [1.165, 1.54) is 12.1 Å². The Hall–Kier alpha value is -4.45. The number of carbonyl (C=O) groups excluding carboxylic acids is 1. The molecule has 0 saturated carbocycles. The maximum absolute atomic E-state index is 14.4. The van der Waals surface area contributed by atoms with Gasteiger partial charge < -0.3 is 20.7 Å². The van der Waals surface area contributed by atoms with Gasteiger partial charge in [-0.25, -0.2) is 13.8 Å². The number of anilines is 5. The number of fused-ring (bicyclic) bond motifs is 1. The molecule has 0 unspecified atom stereocenters. The summed E-state index contributed by atoms with van der Waals surface area (Å²) >= 11 is 0. The number of benzene rings is 2. The maximum Gasteiger partial charge on any atom is 0.351 e. The van der Waals surface area contributed by atoms with Crippen LogP contribution >= 0.6 is 0 Å². The van der Waals surface area contributed by atoms with E-state index >= 15 is 0 Å². The normalized spacial score (nSPS) is 18.1. The molecule has 2 aromatic carbocycles. The number of amides is 1. The van der Waals surface area contributed by atoms with E-state index in [0.29, 0.717) is 53.2 Å². The number of carbonyl (C=O) groups is 1. The number of aromatic nitrogens is 3. The lowest BCUT2D eigenvalue weighted by molar-refractivity contribution is -0.333. The average molecular weight is 564 g/mol. The monoisotopic (exact) mass is 563 g/mol. The van der Waals surface area contributed by atoms with Crippen molar-refractivity contribution in [2.24, 2.45) is 5.73 Å². The zero-order valence-electron chi connectivity index (χ0n) is 22.7. The molecule has 2 fully saturated rings. The van der Waals surface area contributed by atoms with Crippen molar-refractivity contribution < 1.29 is 23.3 Å². The molecule has 0 radical (unpaired) electrons. The number of H-pyrrole nitrogens is 2. The Morgan fingerprint density at radius 1 is 1.12 bits per heavy atom. The number of alkyl halides is 1. The molecular weight excluding hydrogens is 530 g/mol. The summed E-state index contributed by atoms with van der Waals surface area (Å²) in [5, 5.41) is 7.05. The van der Waals surface area contributed by atoms with E-state index in [1.807, 2.05) is 24.3 Å². The highest BCUT2D eigenvalue weighted by atomic mass is 19.1. The zero-order chi connectivity index (χ0) is 28.5. The molecule has 2 aliphatic heterocycles. The summed E-state index contributed by atoms with van der Waals surface area (Å²) in [6.07, 6.45) is 3.70. The van der Waals surface area contributed by atoms with E-state index in [9.17, 15) is 13.6 Å². The van der Waals surface area contributed by atoms with Crippen LogP contribution in [0.25, 0.3) is 11.0 Å². The minimum Gasteiger partial charge on any atom is -0.493 e. The fraction of sp³-hybridized carbons (Fsp3) is 0.345. The summed E-state index contributed by atoms with van der Waals surface area (Å²) in [5.74, 6) is -0.168. The van der Waals surface area contributed by atoms with Crippen LogP contribution in [0.2, 0.25) is 0 Å². The number of primary amides is 1. The number of hydrogen-bond donors (Lipinski definition) is 4. The van der Waals surface area contributed by atoms with E-state index in [1.54, 1.807) is 19.4 Å². The highest BCUT2D eigenvalue weighted by Gasteiger charge is 2.31. The number of piperidine rings is 1. The molecule has 2 saturated heterocycles. The van der Waals surface area contributed by atoms with Gasteiger partial charge in [-0.2, -0.15) is 0 Å². The molecule has 0 aliphatic carbocycles. The molecule has 0 bridgehead atoms. The fourth-order valence-electron chi connectivity index (χ4n) is 5.82. The first kappa shape index (κ1) is 26.8. The Kier molecular flexibility index (Phi) is 7.31. The summed E-state index contributed by atoms with van der Waals surface area (Å²) in [5.41, 5.74) is 7.82. The van der Waals surface area contributed by atoms with Gasteiger partial charge in [0.15, 0.2) is 5.75 Å². The van der Waals surface area contributed by atoms with Crippen molar-refractivity contribution >= 4 is 45.8 Å². The largest absolute Gasteiger partial charge is 0.493 e. The van der Waals surface area contributed by atoms with Gasteiger partial charge in [-0.3, -0.25) is 20.0 Å². The Morgan fingerprint density at radius 3 is 2.68 bits per heavy atom. The quantitative estimate of drug-likeness (QED) is 0.254. The second-order valence-corrected chi connectivity index (χ2v) is 10.5. The summed E-state index contributed by atoms with van der Waals surface area (Å²) in [4.78, 5) is 27.5. The van der Waals surface area contributed by atoms with Gasteiger partial charge in [0.05, 0.1) is 23.7 Å². The van der Waals surface area contributed by atoms with Gasteiger partial charge in [0.2, 0.25) is 11.5 Å². The number of ether oxygens (including phenoxy) is 1. The Morgan fingerprint density at radius 2 is 1.95 bits per heavy atom. The highest BCUT2D eigenvalue weighted by molar-refractivity contribution is 6.00. The Bertz CT molecular complexity index is 1570. The molecule has 4 aromatic rings. The van der Waals surface area contributed by atoms with Crippen LogP contribution in [0.4, 0.5) is 37.6 Å². The van der Waals surface area contributed by atoms with Crippen LogP contribution in [0, 0.1) is 5.82 Å². The molecule has 2 aromatic heterocycles. The van der Waals surface area contributed by atoms with E-state index in [0.717, 1.165) is 38.2 Å². The van der Waals surface area contributed by atoms with E-state index in [2.05, 4.69) is 35.4 Å². The topological polar surface area (TPSA) is 126 Å². The molecular formula is C29H33F2N8O2+. The third kappa shape index (κ3) is 5.47. The second kappa shape index (κ2) is 11.2. The van der Waals surface area contributed by atoms with Crippen molar-refractivity contribution in [2.45, 2.75) is 31.5 Å². The number of methoxy groups -OCH3 is 1. The molecule has 0 spiro atoms. The van der Waals surface area contributed by atoms with E-state index in [-0.39, 0.29) is 11.3 Å². The Balaban J connectivity index is 1.21. The predicted molar refractivity (Wildman–Crippen MR) is 153 cm³/mol. The smallest absolute Gasteiger partial charge is 0.351 e. The lowest BCUT2D eigenvalue weighted by atomic mass is 10.0. The van der Waals surface area contributed by atoms with Crippen molar-refractivity contribution in [2.75, 3.05) is 48.8 Å². The second-order valence-electron chi connectivity index (χ2n) is 10.5. The molecule has 41 heavy (non-hydrogen) atoms. The van der Waals surface area contributed by atoms with Gasteiger partial charge in [-0.05, 0) is 49.6 Å². The lowest BCUT2D eigenvalue weighted by Gasteiger charge is -2.37. The van der Waals surface area contributed by atoms with E-state index < -0.39 is 17.9 Å². The van der Waals surface area contributed by atoms with Crippen molar-refractivity contribution in [3.63, 3.8) is 0 Å². The summed E-state index contributed by atoms with van der Waals surface area (Å²) < 4.78 is 33.8. The predicted octanol–water partition coefficient (Wildman–Crippen LogP) is 4.12. The zero-order valence-corrected chi connectivity index (χ0v) is 22.7. The number of nitrogens with zero attached hydrogens (tertiary/aromatic N) is 3. The number of rotatable bonds is 8. The number of hydrogen-bond acceptors (Lipinski definition) is 7. The first-order valence-corrected chi connectivity index (χ1v) is 13.7. The van der Waals surface area contributed by atoms with Crippen molar-refractivity contribution in [1.82, 2.24) is 14.9 Å². The lowest BCUT2D eigenvalue weighted by Crippen LogP contribution is -2.44. The third-order valence-corrected chi connectivity index (χ3v) is 7.93. The molecule has 1 atom stereocenters. The van der Waals surface area contributed by atoms with Crippen LogP contribution in [0.15, 0.2) is 48.7 Å². The van der Waals surface area contributed by atoms with Gasteiger partial charge in [0.25, 0.3) is 5.91 Å². The van der Waals surface area contributed by atoms with Gasteiger partial charge in [-0.1, -0.05) is 11.1 Å². The van der Waals surface area contributed by atoms with Crippen LogP contribution in [0.3, 0.4) is 0 Å². The Labute approximate surface area is 235 Å². The van der Waals surface area contributed by atoms with Gasteiger partial charge in [0, 0.05) is 50.2 Å². The SMILES string of the molecule is COc1cc(N2CCC(N3CC[C@H](F)C3)CC2)ccc1Nc1nc(Nc2cccc(F)c2C(N)=O)c2cc[nH]c2[nH+]1. The summed E-state index contributed by atoms with van der Waals surface area (Å²) in [7, 11) is 1.62. The van der Waals surface area contributed by atoms with Gasteiger partial charge in [-0.15, -0.1) is 0 Å². The number of aromatic amines is 2. The number of halogens is 2. The van der Waals surface area contributed by atoms with Crippen molar-refractivity contribution in [1.29, 1.82) is 0 Å². The molecule has 4 heterocycles. The van der Waals surface area contributed by atoms with Crippen LogP contribution in [-0.2, 0) is 0 Å². The third-order valence-electron chi connectivity index (χ3n) is 7.93. The molecule has 10 nitrogen and oxygen atoms in total. The van der Waals surface area contributed by atoms with Crippen LogP contribution in [0.5, 0.6) is 5.75 Å². The number of nitrogens with one attached hydrogen (secondary N) is 4. The molecule has 1 amide bonds. The number of nitrogens with two attached hydrogens (primary N) is 1. The first-order valence-electron chi connectivity index (χ1n) is 13.7. The van der Waals surface area contributed by atoms with Crippen LogP contribution in [-0.4, -0.2) is 66.3 Å². The first-order chi connectivity index (χ1) is 19.9. The molecule has 6 N–H and O–H groups in total. The van der Waals surface area contributed by atoms with Gasteiger partial charge in [0.1, 0.15) is 17.7 Å². The minimum absolute atomic E-state index is 0.213. The van der Waals surface area contributed by atoms with Crippen LogP contribution in [0.1, 0.15) is 29.6 Å². The summed E-state index contributed by atoms with van der Waals surface area (Å²) in [6.45, 7) is 3.21. The van der Waals surface area contributed by atoms with Crippen molar-refractivity contribution in [3.05, 3.63) is 60.0 Å². The minimum atomic E-state index is -0.879. The highest BCUT2D eigenvalue weighted by Crippen LogP contribution is 2.34. The van der Waals surface area contributed by atoms with Crippen molar-refractivity contribution in [3.8, 4) is 5.75 Å². The molecule has 6 rings (SSSR count). The fourth-order valence-corrected chi connectivity index (χ4v) is 5.82. The maximum atomic E-state index is 14.4. The summed E-state index contributed by atoms with van der Waals surface area (Å²) in [6, 6.07) is 12.5.